The van der Waals surface area contributed by atoms with E-state index in [1.54, 1.807) is 12.3 Å². The van der Waals surface area contributed by atoms with E-state index in [1.807, 2.05) is 18.2 Å². The molecule has 3 aromatic rings. The minimum absolute atomic E-state index is 0.229. The fourth-order valence-electron chi connectivity index (χ4n) is 2.65. The summed E-state index contributed by atoms with van der Waals surface area (Å²) in [5, 5.41) is 5.11. The molecule has 2 aromatic carbocycles. The lowest BCUT2D eigenvalue weighted by Crippen LogP contribution is -2.10. The van der Waals surface area contributed by atoms with Gasteiger partial charge in [0.25, 0.3) is 0 Å². The summed E-state index contributed by atoms with van der Waals surface area (Å²) >= 11 is 6.25. The zero-order chi connectivity index (χ0) is 15.5. The van der Waals surface area contributed by atoms with Crippen molar-refractivity contribution in [2.45, 2.75) is 19.4 Å². The second kappa shape index (κ2) is 6.24. The highest BCUT2D eigenvalue weighted by molar-refractivity contribution is 6.35. The van der Waals surface area contributed by atoms with Crippen LogP contribution in [0, 0.1) is 0 Å². The van der Waals surface area contributed by atoms with Gasteiger partial charge < -0.3 is 11.1 Å². The van der Waals surface area contributed by atoms with Crippen molar-refractivity contribution in [2.75, 3.05) is 11.1 Å². The fraction of sp³-hybridized carbons (Fsp3) is 0.167. The number of rotatable bonds is 4. The number of nitrogens with zero attached hydrogens (tertiary/aromatic N) is 1. The highest BCUT2D eigenvalue weighted by Crippen LogP contribution is 2.32. The zero-order valence-electron chi connectivity index (χ0n) is 12.4. The highest BCUT2D eigenvalue weighted by Gasteiger charge is 2.12. The second-order valence-electron chi connectivity index (χ2n) is 5.27. The molecule has 0 radical (unpaired) electrons. The first kappa shape index (κ1) is 14.7. The molecular weight excluding hydrogens is 294 g/mol. The molecule has 22 heavy (non-hydrogen) atoms. The number of nitrogens with one attached hydrogen (secondary N) is 1. The van der Waals surface area contributed by atoms with Crippen molar-refractivity contribution < 1.29 is 0 Å². The zero-order valence-corrected chi connectivity index (χ0v) is 13.1. The Morgan fingerprint density at radius 2 is 1.95 bits per heavy atom. The van der Waals surface area contributed by atoms with Crippen molar-refractivity contribution >= 4 is 33.9 Å². The number of halogens is 1. The van der Waals surface area contributed by atoms with Gasteiger partial charge in [-0.1, -0.05) is 48.9 Å². The minimum atomic E-state index is 0.229. The summed E-state index contributed by atoms with van der Waals surface area (Å²) in [6.45, 7) is 2.16. The van der Waals surface area contributed by atoms with Gasteiger partial charge in [0.1, 0.15) is 0 Å². The summed E-state index contributed by atoms with van der Waals surface area (Å²) in [5.74, 6) is 0. The molecule has 0 aliphatic rings. The monoisotopic (exact) mass is 311 g/mol. The average molecular weight is 312 g/mol. The number of benzene rings is 2. The third-order valence-electron chi connectivity index (χ3n) is 3.76. The van der Waals surface area contributed by atoms with E-state index in [4.69, 9.17) is 17.3 Å². The molecule has 3 N–H and O–H groups in total. The van der Waals surface area contributed by atoms with Gasteiger partial charge in [0, 0.05) is 23.0 Å². The minimum Gasteiger partial charge on any atom is -0.399 e. The number of anilines is 2. The molecule has 0 saturated heterocycles. The van der Waals surface area contributed by atoms with Crippen LogP contribution in [-0.4, -0.2) is 4.98 Å². The fourth-order valence-corrected chi connectivity index (χ4v) is 2.93. The first-order valence-corrected chi connectivity index (χ1v) is 7.72. The lowest BCUT2D eigenvalue weighted by molar-refractivity contribution is 0.750. The molecule has 112 valence electrons. The third-order valence-corrected chi connectivity index (χ3v) is 4.05. The van der Waals surface area contributed by atoms with Gasteiger partial charge in [-0.3, -0.25) is 4.98 Å². The van der Waals surface area contributed by atoms with Crippen molar-refractivity contribution in [1.82, 2.24) is 4.98 Å². The smallest absolute Gasteiger partial charge is 0.0910 e. The first-order valence-electron chi connectivity index (χ1n) is 7.34. The summed E-state index contributed by atoms with van der Waals surface area (Å²) in [7, 11) is 0. The molecule has 0 saturated carbocycles. The Hall–Kier alpha value is -2.26. The maximum absolute atomic E-state index is 6.25. The molecule has 3 nitrogen and oxygen atoms in total. The molecule has 0 fully saturated rings. The van der Waals surface area contributed by atoms with Crippen molar-refractivity contribution in [3.63, 3.8) is 0 Å². The Kier molecular flexibility index (Phi) is 4.16. The molecule has 3 rings (SSSR count). The molecule has 0 spiro atoms. The van der Waals surface area contributed by atoms with E-state index in [0.29, 0.717) is 10.7 Å². The molecule has 0 bridgehead atoms. The average Bonchev–Trinajstić information content (AvgIpc) is 2.53. The second-order valence-corrected chi connectivity index (χ2v) is 5.68. The summed E-state index contributed by atoms with van der Waals surface area (Å²) in [4.78, 5) is 4.36. The maximum Gasteiger partial charge on any atom is 0.0910 e. The van der Waals surface area contributed by atoms with Gasteiger partial charge in [-0.25, -0.2) is 0 Å². The quantitative estimate of drug-likeness (QED) is 0.664. The van der Waals surface area contributed by atoms with Crippen LogP contribution >= 0.6 is 11.6 Å². The highest BCUT2D eigenvalue weighted by atomic mass is 35.5. The number of hydrogen-bond acceptors (Lipinski definition) is 3. The normalized spacial score (nSPS) is 12.3. The van der Waals surface area contributed by atoms with Gasteiger partial charge >= 0.3 is 0 Å². The van der Waals surface area contributed by atoms with E-state index in [9.17, 15) is 0 Å². The maximum atomic E-state index is 6.25. The lowest BCUT2D eigenvalue weighted by atomic mass is 10.0. The van der Waals surface area contributed by atoms with Gasteiger partial charge in [0.2, 0.25) is 0 Å². The van der Waals surface area contributed by atoms with Crippen molar-refractivity contribution in [1.29, 1.82) is 0 Å². The first-order chi connectivity index (χ1) is 10.7. The van der Waals surface area contributed by atoms with Crippen LogP contribution in [0.15, 0.2) is 54.7 Å². The largest absolute Gasteiger partial charge is 0.399 e. The summed E-state index contributed by atoms with van der Waals surface area (Å²) in [6.07, 6.45) is 2.74. The molecule has 1 atom stereocenters. The summed E-state index contributed by atoms with van der Waals surface area (Å²) in [6, 6.07) is 16.2. The van der Waals surface area contributed by atoms with Crippen LogP contribution in [0.25, 0.3) is 10.9 Å². The van der Waals surface area contributed by atoms with Crippen LogP contribution in [0.3, 0.4) is 0 Å². The Morgan fingerprint density at radius 1 is 1.18 bits per heavy atom. The SMILES string of the molecule is CCC(Nc1ccnc2c(Cl)cc(N)cc12)c1ccccc1. The van der Waals surface area contributed by atoms with Gasteiger partial charge in [-0.05, 0) is 30.2 Å². The number of nitrogen functional groups attached to an aromatic ring is 1. The number of pyridine rings is 1. The molecule has 1 heterocycles. The van der Waals surface area contributed by atoms with Crippen molar-refractivity contribution in [3.8, 4) is 0 Å². The van der Waals surface area contributed by atoms with Gasteiger partial charge in [0.15, 0.2) is 0 Å². The van der Waals surface area contributed by atoms with Gasteiger partial charge in [0.05, 0.1) is 16.6 Å². The van der Waals surface area contributed by atoms with E-state index < -0.39 is 0 Å². The number of aromatic nitrogens is 1. The molecule has 0 aliphatic heterocycles. The number of nitrogens with two attached hydrogens (primary N) is 1. The van der Waals surface area contributed by atoms with Gasteiger partial charge in [-0.2, -0.15) is 0 Å². The topological polar surface area (TPSA) is 50.9 Å². The van der Waals surface area contributed by atoms with Crippen LogP contribution < -0.4 is 11.1 Å². The molecule has 4 heteroatoms. The van der Waals surface area contributed by atoms with E-state index in [-0.39, 0.29) is 6.04 Å². The number of fused-ring (bicyclic) bond motifs is 1. The van der Waals surface area contributed by atoms with Crippen molar-refractivity contribution in [3.05, 3.63) is 65.3 Å². The Morgan fingerprint density at radius 3 is 2.68 bits per heavy atom. The predicted octanol–water partition coefficient (Wildman–Crippen LogP) is 5.03. The lowest BCUT2D eigenvalue weighted by Gasteiger charge is -2.20. The van der Waals surface area contributed by atoms with Crippen LogP contribution in [0.2, 0.25) is 5.02 Å². The molecular formula is C18H18ClN3. The Labute approximate surface area is 135 Å². The molecule has 1 aromatic heterocycles. The predicted molar refractivity (Wildman–Crippen MR) is 94.3 cm³/mol. The van der Waals surface area contributed by atoms with Crippen LogP contribution in [-0.2, 0) is 0 Å². The summed E-state index contributed by atoms with van der Waals surface area (Å²) in [5.41, 5.74) is 9.59. The van der Waals surface area contributed by atoms with E-state index in [0.717, 1.165) is 23.0 Å². The Balaban J connectivity index is 2.03. The third kappa shape index (κ3) is 2.85. The van der Waals surface area contributed by atoms with E-state index in [1.165, 1.54) is 5.56 Å². The Bertz CT molecular complexity index is 787. The standard InChI is InChI=1S/C18H18ClN3/c1-2-16(12-6-4-3-5-7-12)22-17-8-9-21-18-14(17)10-13(20)11-15(18)19/h3-11,16H,2,20H2,1H3,(H,21,22). The van der Waals surface area contributed by atoms with Crippen LogP contribution in [0.1, 0.15) is 24.9 Å². The summed E-state index contributed by atoms with van der Waals surface area (Å²) < 4.78 is 0. The molecule has 0 aliphatic carbocycles. The molecule has 1 unspecified atom stereocenters. The van der Waals surface area contributed by atoms with E-state index in [2.05, 4.69) is 41.5 Å². The molecule has 0 amide bonds. The van der Waals surface area contributed by atoms with E-state index >= 15 is 0 Å². The van der Waals surface area contributed by atoms with Crippen LogP contribution in [0.5, 0.6) is 0 Å². The van der Waals surface area contributed by atoms with Crippen LogP contribution in [0.4, 0.5) is 11.4 Å². The van der Waals surface area contributed by atoms with Gasteiger partial charge in [-0.15, -0.1) is 0 Å². The number of hydrogen-bond donors (Lipinski definition) is 2. The van der Waals surface area contributed by atoms with Crippen molar-refractivity contribution in [2.24, 2.45) is 0 Å².